The van der Waals surface area contributed by atoms with Gasteiger partial charge in [0.2, 0.25) is 0 Å². The molecule has 0 heterocycles. The fraction of sp³-hybridized carbons (Fsp3) is 0.294. The van der Waals surface area contributed by atoms with Crippen molar-refractivity contribution >= 4 is 23.2 Å². The zero-order valence-corrected chi connectivity index (χ0v) is 13.9. The van der Waals surface area contributed by atoms with Gasteiger partial charge in [-0.1, -0.05) is 41.4 Å². The summed E-state index contributed by atoms with van der Waals surface area (Å²) in [6.07, 6.45) is 0. The standard InChI is InChI=1S/C17H19Cl2NO/c1-17(2,3)20-11-12-6-4-5-7-16(12)21-15-9-13(18)8-14(19)10-15/h4-10,20H,11H2,1-3H3. The normalized spacial score (nSPS) is 11.5. The fourth-order valence-electron chi connectivity index (χ4n) is 1.82. The Balaban J connectivity index is 2.20. The number of nitrogens with one attached hydrogen (secondary N) is 1. The highest BCUT2D eigenvalue weighted by atomic mass is 35.5. The molecule has 0 saturated carbocycles. The van der Waals surface area contributed by atoms with E-state index in [1.807, 2.05) is 24.3 Å². The van der Waals surface area contributed by atoms with Crippen LogP contribution >= 0.6 is 23.2 Å². The van der Waals surface area contributed by atoms with E-state index in [4.69, 9.17) is 27.9 Å². The Bertz CT molecular complexity index is 600. The van der Waals surface area contributed by atoms with Crippen LogP contribution in [-0.2, 0) is 6.54 Å². The molecule has 4 heteroatoms. The summed E-state index contributed by atoms with van der Waals surface area (Å²) in [6.45, 7) is 7.13. The van der Waals surface area contributed by atoms with Crippen molar-refractivity contribution in [3.8, 4) is 11.5 Å². The van der Waals surface area contributed by atoms with E-state index < -0.39 is 0 Å². The van der Waals surface area contributed by atoms with Gasteiger partial charge in [-0.3, -0.25) is 0 Å². The van der Waals surface area contributed by atoms with Crippen LogP contribution in [0.5, 0.6) is 11.5 Å². The van der Waals surface area contributed by atoms with E-state index in [1.54, 1.807) is 18.2 Å². The van der Waals surface area contributed by atoms with Crippen molar-refractivity contribution < 1.29 is 4.74 Å². The van der Waals surface area contributed by atoms with Crippen molar-refractivity contribution in [1.29, 1.82) is 0 Å². The van der Waals surface area contributed by atoms with Crippen molar-refractivity contribution in [2.75, 3.05) is 0 Å². The van der Waals surface area contributed by atoms with Crippen molar-refractivity contribution in [1.82, 2.24) is 5.32 Å². The van der Waals surface area contributed by atoms with Crippen LogP contribution in [0.2, 0.25) is 10.0 Å². The lowest BCUT2D eigenvalue weighted by Gasteiger charge is -2.21. The van der Waals surface area contributed by atoms with E-state index in [1.165, 1.54) is 0 Å². The molecular weight excluding hydrogens is 305 g/mol. The molecule has 2 aromatic carbocycles. The van der Waals surface area contributed by atoms with E-state index in [9.17, 15) is 0 Å². The average molecular weight is 324 g/mol. The minimum Gasteiger partial charge on any atom is -0.457 e. The number of para-hydroxylation sites is 1. The summed E-state index contributed by atoms with van der Waals surface area (Å²) < 4.78 is 5.93. The molecule has 2 aromatic rings. The van der Waals surface area contributed by atoms with Gasteiger partial charge in [0, 0.05) is 27.7 Å². The van der Waals surface area contributed by atoms with Gasteiger partial charge in [-0.05, 0) is 45.0 Å². The summed E-state index contributed by atoms with van der Waals surface area (Å²) in [5, 5.41) is 4.57. The molecule has 21 heavy (non-hydrogen) atoms. The number of halogens is 2. The third kappa shape index (κ3) is 5.24. The molecule has 0 fully saturated rings. The lowest BCUT2D eigenvalue weighted by atomic mass is 10.1. The van der Waals surface area contributed by atoms with Crippen LogP contribution in [0, 0.1) is 0 Å². The second-order valence-corrected chi connectivity index (χ2v) is 6.79. The quantitative estimate of drug-likeness (QED) is 0.782. The zero-order chi connectivity index (χ0) is 15.5. The Kier molecular flexibility index (Phi) is 5.15. The van der Waals surface area contributed by atoms with E-state index >= 15 is 0 Å². The maximum absolute atomic E-state index is 6.00. The van der Waals surface area contributed by atoms with Gasteiger partial charge in [0.1, 0.15) is 11.5 Å². The first kappa shape index (κ1) is 16.2. The highest BCUT2D eigenvalue weighted by Gasteiger charge is 2.11. The molecule has 112 valence electrons. The first-order valence-corrected chi connectivity index (χ1v) is 7.56. The molecule has 0 bridgehead atoms. The highest BCUT2D eigenvalue weighted by Crippen LogP contribution is 2.30. The van der Waals surface area contributed by atoms with Crippen LogP contribution in [0.25, 0.3) is 0 Å². The number of rotatable bonds is 4. The molecule has 0 aliphatic carbocycles. The molecule has 2 nitrogen and oxygen atoms in total. The lowest BCUT2D eigenvalue weighted by molar-refractivity contribution is 0.414. The Labute approximate surface area is 136 Å². The molecule has 0 atom stereocenters. The predicted octanol–water partition coefficient (Wildman–Crippen LogP) is 5.67. The number of hydrogen-bond donors (Lipinski definition) is 1. The summed E-state index contributed by atoms with van der Waals surface area (Å²) in [4.78, 5) is 0. The maximum atomic E-state index is 6.00. The molecular formula is C17H19Cl2NO. The number of benzene rings is 2. The van der Waals surface area contributed by atoms with E-state index in [-0.39, 0.29) is 5.54 Å². The smallest absolute Gasteiger partial charge is 0.131 e. The minimum absolute atomic E-state index is 0.0481. The van der Waals surface area contributed by atoms with E-state index in [0.29, 0.717) is 15.8 Å². The first-order valence-electron chi connectivity index (χ1n) is 6.80. The van der Waals surface area contributed by atoms with Gasteiger partial charge in [0.05, 0.1) is 0 Å². The summed E-state index contributed by atoms with van der Waals surface area (Å²) in [5.41, 5.74) is 1.13. The average Bonchev–Trinajstić information content (AvgIpc) is 2.35. The molecule has 0 aliphatic rings. The summed E-state index contributed by atoms with van der Waals surface area (Å²) >= 11 is 12.0. The molecule has 0 spiro atoms. The number of hydrogen-bond acceptors (Lipinski definition) is 2. The first-order chi connectivity index (χ1) is 9.83. The minimum atomic E-state index is 0.0481. The molecule has 0 saturated heterocycles. The Morgan fingerprint density at radius 1 is 1.00 bits per heavy atom. The molecule has 0 aromatic heterocycles. The SMILES string of the molecule is CC(C)(C)NCc1ccccc1Oc1cc(Cl)cc(Cl)c1. The molecule has 2 rings (SSSR count). The van der Waals surface area contributed by atoms with Gasteiger partial charge in [-0.2, -0.15) is 0 Å². The highest BCUT2D eigenvalue weighted by molar-refractivity contribution is 6.34. The molecule has 0 aliphatic heterocycles. The van der Waals surface area contributed by atoms with Gasteiger partial charge >= 0.3 is 0 Å². The summed E-state index contributed by atoms with van der Waals surface area (Å²) in [5.74, 6) is 1.43. The Morgan fingerprint density at radius 2 is 1.62 bits per heavy atom. The second-order valence-electron chi connectivity index (χ2n) is 5.92. The molecule has 1 N–H and O–H groups in total. The van der Waals surface area contributed by atoms with Gasteiger partial charge in [-0.25, -0.2) is 0 Å². The van der Waals surface area contributed by atoms with Crippen molar-refractivity contribution in [3.63, 3.8) is 0 Å². The number of ether oxygens (including phenoxy) is 1. The van der Waals surface area contributed by atoms with Crippen molar-refractivity contribution in [2.45, 2.75) is 32.9 Å². The zero-order valence-electron chi connectivity index (χ0n) is 12.4. The van der Waals surface area contributed by atoms with Crippen LogP contribution < -0.4 is 10.1 Å². The fourth-order valence-corrected chi connectivity index (χ4v) is 2.33. The van der Waals surface area contributed by atoms with Crippen LogP contribution in [-0.4, -0.2) is 5.54 Å². The van der Waals surface area contributed by atoms with Crippen molar-refractivity contribution in [2.24, 2.45) is 0 Å². The van der Waals surface area contributed by atoms with E-state index in [0.717, 1.165) is 17.9 Å². The molecule has 0 unspecified atom stereocenters. The Morgan fingerprint density at radius 3 is 2.24 bits per heavy atom. The third-order valence-corrected chi connectivity index (χ3v) is 3.28. The molecule has 0 amide bonds. The Hall–Kier alpha value is -1.22. The van der Waals surface area contributed by atoms with Crippen LogP contribution in [0.15, 0.2) is 42.5 Å². The van der Waals surface area contributed by atoms with Crippen LogP contribution in [0.3, 0.4) is 0 Å². The van der Waals surface area contributed by atoms with Gasteiger partial charge < -0.3 is 10.1 Å². The van der Waals surface area contributed by atoms with E-state index in [2.05, 4.69) is 26.1 Å². The monoisotopic (exact) mass is 323 g/mol. The van der Waals surface area contributed by atoms with Gasteiger partial charge in [-0.15, -0.1) is 0 Å². The largest absolute Gasteiger partial charge is 0.457 e. The third-order valence-electron chi connectivity index (χ3n) is 2.85. The lowest BCUT2D eigenvalue weighted by Crippen LogP contribution is -2.35. The summed E-state index contributed by atoms with van der Waals surface area (Å²) in [6, 6.07) is 13.1. The van der Waals surface area contributed by atoms with Crippen molar-refractivity contribution in [3.05, 3.63) is 58.1 Å². The topological polar surface area (TPSA) is 21.3 Å². The van der Waals surface area contributed by atoms with Crippen LogP contribution in [0.4, 0.5) is 0 Å². The van der Waals surface area contributed by atoms with Crippen LogP contribution in [0.1, 0.15) is 26.3 Å². The summed E-state index contributed by atoms with van der Waals surface area (Å²) in [7, 11) is 0. The van der Waals surface area contributed by atoms with Gasteiger partial charge in [0.15, 0.2) is 0 Å². The van der Waals surface area contributed by atoms with Gasteiger partial charge in [0.25, 0.3) is 0 Å². The maximum Gasteiger partial charge on any atom is 0.131 e. The predicted molar refractivity (Wildman–Crippen MR) is 89.6 cm³/mol. The molecule has 0 radical (unpaired) electrons. The second kappa shape index (κ2) is 6.69.